The molecular weight excluding hydrogens is 228 g/mol. The molecule has 4 heteroatoms. The third-order valence-electron chi connectivity index (χ3n) is 3.94. The summed E-state index contributed by atoms with van der Waals surface area (Å²) in [7, 11) is 0. The van der Waals surface area contributed by atoms with E-state index in [1.165, 1.54) is 12.8 Å². The summed E-state index contributed by atoms with van der Waals surface area (Å²) in [6, 6.07) is 0. The fraction of sp³-hybridized carbons (Fsp3) is 0.929. The van der Waals surface area contributed by atoms with Crippen LogP contribution in [0.3, 0.4) is 0 Å². The predicted molar refractivity (Wildman–Crippen MR) is 71.4 cm³/mol. The van der Waals surface area contributed by atoms with Crippen molar-refractivity contribution in [2.75, 3.05) is 26.2 Å². The van der Waals surface area contributed by atoms with Gasteiger partial charge < -0.3 is 15.0 Å². The number of morpholine rings is 1. The van der Waals surface area contributed by atoms with E-state index in [-0.39, 0.29) is 12.2 Å². The Morgan fingerprint density at radius 2 is 2.06 bits per heavy atom. The minimum Gasteiger partial charge on any atom is -0.372 e. The summed E-state index contributed by atoms with van der Waals surface area (Å²) in [6.45, 7) is 7.83. The zero-order valence-electron chi connectivity index (χ0n) is 11.7. The second-order valence-corrected chi connectivity index (χ2v) is 5.81. The van der Waals surface area contributed by atoms with E-state index in [4.69, 9.17) is 4.74 Å². The van der Waals surface area contributed by atoms with Crippen LogP contribution in [0.2, 0.25) is 0 Å². The van der Waals surface area contributed by atoms with Gasteiger partial charge in [0.2, 0.25) is 5.91 Å². The number of ether oxygens (including phenoxy) is 1. The number of carbonyl (C=O) groups excluding carboxylic acids is 1. The molecule has 3 atom stereocenters. The van der Waals surface area contributed by atoms with E-state index in [9.17, 15) is 4.79 Å². The van der Waals surface area contributed by atoms with Gasteiger partial charge in [-0.15, -0.1) is 0 Å². The Morgan fingerprint density at radius 3 is 2.67 bits per heavy atom. The molecule has 2 fully saturated rings. The zero-order chi connectivity index (χ0) is 13.0. The first kappa shape index (κ1) is 13.8. The maximum atomic E-state index is 12.2. The Labute approximate surface area is 110 Å². The van der Waals surface area contributed by atoms with Crippen LogP contribution in [0, 0.1) is 5.92 Å². The number of rotatable bonds is 3. The molecule has 104 valence electrons. The van der Waals surface area contributed by atoms with Crippen LogP contribution >= 0.6 is 0 Å². The molecule has 0 radical (unpaired) electrons. The van der Waals surface area contributed by atoms with Gasteiger partial charge in [0, 0.05) is 19.5 Å². The molecule has 2 aliphatic heterocycles. The zero-order valence-corrected chi connectivity index (χ0v) is 11.7. The molecule has 0 saturated carbocycles. The molecule has 2 saturated heterocycles. The Morgan fingerprint density at radius 1 is 1.33 bits per heavy atom. The van der Waals surface area contributed by atoms with E-state index in [1.54, 1.807) is 0 Å². The average molecular weight is 254 g/mol. The molecule has 18 heavy (non-hydrogen) atoms. The average Bonchev–Trinajstić information content (AvgIpc) is 2.36. The molecule has 4 nitrogen and oxygen atoms in total. The van der Waals surface area contributed by atoms with Gasteiger partial charge >= 0.3 is 0 Å². The lowest BCUT2D eigenvalue weighted by Gasteiger charge is -2.35. The Hall–Kier alpha value is -0.610. The highest BCUT2D eigenvalue weighted by Gasteiger charge is 2.26. The second kappa shape index (κ2) is 6.53. The lowest BCUT2D eigenvalue weighted by Crippen LogP contribution is -2.48. The Kier molecular flexibility index (Phi) is 5.01. The minimum absolute atomic E-state index is 0.175. The van der Waals surface area contributed by atoms with Crippen molar-refractivity contribution in [3.63, 3.8) is 0 Å². The van der Waals surface area contributed by atoms with Gasteiger partial charge in [0.1, 0.15) is 0 Å². The molecule has 0 aromatic heterocycles. The molecule has 2 rings (SSSR count). The van der Waals surface area contributed by atoms with Crippen molar-refractivity contribution in [2.45, 2.75) is 51.7 Å². The number of carbonyl (C=O) groups is 1. The van der Waals surface area contributed by atoms with Crippen molar-refractivity contribution in [1.29, 1.82) is 0 Å². The first-order valence-electron chi connectivity index (χ1n) is 7.29. The summed E-state index contributed by atoms with van der Waals surface area (Å²) in [6.07, 6.45) is 4.61. The summed E-state index contributed by atoms with van der Waals surface area (Å²) in [5, 5.41) is 3.41. The molecule has 1 N–H and O–H groups in total. The molecule has 0 aliphatic carbocycles. The van der Waals surface area contributed by atoms with Crippen molar-refractivity contribution < 1.29 is 9.53 Å². The van der Waals surface area contributed by atoms with Crippen molar-refractivity contribution in [1.82, 2.24) is 10.2 Å². The summed E-state index contributed by atoms with van der Waals surface area (Å²) < 4.78 is 5.66. The molecule has 2 heterocycles. The van der Waals surface area contributed by atoms with Gasteiger partial charge in [-0.2, -0.15) is 0 Å². The molecule has 2 aliphatic rings. The van der Waals surface area contributed by atoms with Crippen molar-refractivity contribution in [3.05, 3.63) is 0 Å². The Balaban J connectivity index is 1.73. The van der Waals surface area contributed by atoms with E-state index in [2.05, 4.69) is 5.32 Å². The number of hydrogen-bond donors (Lipinski definition) is 1. The van der Waals surface area contributed by atoms with E-state index in [0.717, 1.165) is 32.6 Å². The second-order valence-electron chi connectivity index (χ2n) is 5.81. The number of hydrogen-bond acceptors (Lipinski definition) is 3. The SMILES string of the molecule is CC1CN(C(=O)CCC2CCCNC2)CC(C)O1. The number of nitrogens with one attached hydrogen (secondary N) is 1. The van der Waals surface area contributed by atoms with Crippen LogP contribution in [0.15, 0.2) is 0 Å². The monoisotopic (exact) mass is 254 g/mol. The van der Waals surface area contributed by atoms with Crippen molar-refractivity contribution >= 4 is 5.91 Å². The highest BCUT2D eigenvalue weighted by Crippen LogP contribution is 2.18. The number of piperidine rings is 1. The highest BCUT2D eigenvalue weighted by molar-refractivity contribution is 5.76. The van der Waals surface area contributed by atoms with Gasteiger partial charge in [-0.25, -0.2) is 0 Å². The van der Waals surface area contributed by atoms with E-state index in [0.29, 0.717) is 18.2 Å². The highest BCUT2D eigenvalue weighted by atomic mass is 16.5. The predicted octanol–water partition coefficient (Wildman–Crippen LogP) is 1.40. The smallest absolute Gasteiger partial charge is 0.222 e. The van der Waals surface area contributed by atoms with Crippen LogP contribution in [-0.4, -0.2) is 49.2 Å². The quantitative estimate of drug-likeness (QED) is 0.828. The summed E-state index contributed by atoms with van der Waals surface area (Å²) in [5.74, 6) is 1.00. The first-order chi connectivity index (χ1) is 8.65. The third-order valence-corrected chi connectivity index (χ3v) is 3.94. The van der Waals surface area contributed by atoms with Crippen molar-refractivity contribution in [3.8, 4) is 0 Å². The van der Waals surface area contributed by atoms with Crippen LogP contribution in [0.5, 0.6) is 0 Å². The molecule has 0 aromatic carbocycles. The topological polar surface area (TPSA) is 41.6 Å². The van der Waals surface area contributed by atoms with Crippen LogP contribution in [0.25, 0.3) is 0 Å². The van der Waals surface area contributed by atoms with Gasteiger partial charge in [-0.1, -0.05) is 0 Å². The van der Waals surface area contributed by atoms with Gasteiger partial charge in [0.05, 0.1) is 12.2 Å². The van der Waals surface area contributed by atoms with E-state index < -0.39 is 0 Å². The standard InChI is InChI=1S/C14H26N2O2/c1-11-9-16(10-12(2)18-11)14(17)6-5-13-4-3-7-15-8-13/h11-13,15H,3-10H2,1-2H3. The molecule has 1 amide bonds. The van der Waals surface area contributed by atoms with E-state index >= 15 is 0 Å². The maximum Gasteiger partial charge on any atom is 0.222 e. The molecule has 0 aromatic rings. The van der Waals surface area contributed by atoms with Crippen LogP contribution in [0.1, 0.15) is 39.5 Å². The lowest BCUT2D eigenvalue weighted by molar-refractivity contribution is -0.143. The lowest BCUT2D eigenvalue weighted by atomic mass is 9.94. The molecule has 3 unspecified atom stereocenters. The summed E-state index contributed by atoms with van der Waals surface area (Å²) in [5.41, 5.74) is 0. The largest absolute Gasteiger partial charge is 0.372 e. The van der Waals surface area contributed by atoms with Gasteiger partial charge in [0.15, 0.2) is 0 Å². The fourth-order valence-electron chi connectivity index (χ4n) is 3.04. The number of amides is 1. The van der Waals surface area contributed by atoms with Gasteiger partial charge in [-0.05, 0) is 52.1 Å². The fourth-order valence-corrected chi connectivity index (χ4v) is 3.04. The third kappa shape index (κ3) is 3.95. The van der Waals surface area contributed by atoms with Crippen molar-refractivity contribution in [2.24, 2.45) is 5.92 Å². The van der Waals surface area contributed by atoms with Crippen LogP contribution in [0.4, 0.5) is 0 Å². The molecular formula is C14H26N2O2. The maximum absolute atomic E-state index is 12.2. The molecule has 0 bridgehead atoms. The van der Waals surface area contributed by atoms with Crippen LogP contribution < -0.4 is 5.32 Å². The minimum atomic E-state index is 0.175. The summed E-state index contributed by atoms with van der Waals surface area (Å²) in [4.78, 5) is 14.2. The normalized spacial score (nSPS) is 33.4. The Bertz CT molecular complexity index is 267. The summed E-state index contributed by atoms with van der Waals surface area (Å²) >= 11 is 0. The van der Waals surface area contributed by atoms with Crippen LogP contribution in [-0.2, 0) is 9.53 Å². The van der Waals surface area contributed by atoms with E-state index in [1.807, 2.05) is 18.7 Å². The van der Waals surface area contributed by atoms with Gasteiger partial charge in [-0.3, -0.25) is 4.79 Å². The first-order valence-corrected chi connectivity index (χ1v) is 7.29. The molecule has 0 spiro atoms. The van der Waals surface area contributed by atoms with Gasteiger partial charge in [0.25, 0.3) is 0 Å². The number of nitrogens with zero attached hydrogens (tertiary/aromatic N) is 1.